The van der Waals surface area contributed by atoms with Crippen molar-refractivity contribution >= 4 is 11.6 Å². The van der Waals surface area contributed by atoms with Crippen molar-refractivity contribution in [2.75, 3.05) is 0 Å². The number of hydrogen-bond donors (Lipinski definition) is 2. The van der Waals surface area contributed by atoms with Crippen molar-refractivity contribution in [2.45, 2.75) is 31.2 Å². The van der Waals surface area contributed by atoms with Crippen molar-refractivity contribution in [3.63, 3.8) is 0 Å². The summed E-state index contributed by atoms with van der Waals surface area (Å²) in [5.74, 6) is 5.72. The van der Waals surface area contributed by atoms with Crippen molar-refractivity contribution in [1.29, 1.82) is 0 Å². The molecule has 2 aromatic carbocycles. The van der Waals surface area contributed by atoms with Gasteiger partial charge < -0.3 is 0 Å². The van der Waals surface area contributed by atoms with Gasteiger partial charge in [0.1, 0.15) is 5.82 Å². The summed E-state index contributed by atoms with van der Waals surface area (Å²) in [6.07, 6.45) is 2.74. The normalized spacial score (nSPS) is 18.5. The SMILES string of the molecule is NNC(Cc1cccc(F)c1Cl)C1CCc2ccccc21. The van der Waals surface area contributed by atoms with E-state index in [1.54, 1.807) is 6.07 Å². The number of fused-ring (bicyclic) bond motifs is 1. The molecule has 4 heteroatoms. The first-order valence-electron chi connectivity index (χ1n) is 7.17. The summed E-state index contributed by atoms with van der Waals surface area (Å²) in [7, 11) is 0. The number of nitrogens with one attached hydrogen (secondary N) is 1. The van der Waals surface area contributed by atoms with E-state index in [0.29, 0.717) is 12.3 Å². The Balaban J connectivity index is 1.85. The summed E-state index contributed by atoms with van der Waals surface area (Å²) in [5.41, 5.74) is 6.42. The van der Waals surface area contributed by atoms with Crippen LogP contribution in [-0.2, 0) is 12.8 Å². The van der Waals surface area contributed by atoms with Crippen LogP contribution in [0.1, 0.15) is 29.0 Å². The first kappa shape index (κ1) is 14.5. The fourth-order valence-corrected chi connectivity index (χ4v) is 3.47. The predicted octanol–water partition coefficient (Wildman–Crippen LogP) is 3.58. The Morgan fingerprint density at radius 2 is 2.05 bits per heavy atom. The van der Waals surface area contributed by atoms with Gasteiger partial charge in [-0.05, 0) is 42.0 Å². The molecule has 0 saturated carbocycles. The molecule has 2 nitrogen and oxygen atoms in total. The molecule has 2 atom stereocenters. The van der Waals surface area contributed by atoms with Crippen LogP contribution in [0.5, 0.6) is 0 Å². The van der Waals surface area contributed by atoms with Gasteiger partial charge in [-0.25, -0.2) is 4.39 Å². The predicted molar refractivity (Wildman–Crippen MR) is 83.7 cm³/mol. The van der Waals surface area contributed by atoms with E-state index in [0.717, 1.165) is 18.4 Å². The Morgan fingerprint density at radius 1 is 1.24 bits per heavy atom. The summed E-state index contributed by atoms with van der Waals surface area (Å²) in [6, 6.07) is 13.4. The van der Waals surface area contributed by atoms with Crippen molar-refractivity contribution < 1.29 is 4.39 Å². The highest BCUT2D eigenvalue weighted by molar-refractivity contribution is 6.31. The fraction of sp³-hybridized carbons (Fsp3) is 0.294. The minimum Gasteiger partial charge on any atom is -0.271 e. The number of rotatable bonds is 4. The van der Waals surface area contributed by atoms with Crippen molar-refractivity contribution in [2.24, 2.45) is 5.84 Å². The molecule has 3 rings (SSSR count). The number of hydrogen-bond acceptors (Lipinski definition) is 2. The molecule has 0 aromatic heterocycles. The standard InChI is InChI=1S/C17H18ClFN2/c18-17-12(5-3-7-15(17)19)10-16(21-20)14-9-8-11-4-1-2-6-13(11)14/h1-7,14,16,21H,8-10,20H2. The second-order valence-corrected chi connectivity index (χ2v) is 5.91. The van der Waals surface area contributed by atoms with Gasteiger partial charge >= 0.3 is 0 Å². The summed E-state index contributed by atoms with van der Waals surface area (Å²) in [5, 5.41) is 0.198. The maximum absolute atomic E-state index is 13.6. The molecular weight excluding hydrogens is 287 g/mol. The van der Waals surface area contributed by atoms with E-state index >= 15 is 0 Å². The second kappa shape index (κ2) is 6.14. The van der Waals surface area contributed by atoms with E-state index in [9.17, 15) is 4.39 Å². The van der Waals surface area contributed by atoms with E-state index in [4.69, 9.17) is 17.4 Å². The lowest BCUT2D eigenvalue weighted by molar-refractivity contribution is 0.434. The zero-order valence-electron chi connectivity index (χ0n) is 11.7. The zero-order chi connectivity index (χ0) is 14.8. The molecule has 0 radical (unpaired) electrons. The number of benzene rings is 2. The topological polar surface area (TPSA) is 38.0 Å². The van der Waals surface area contributed by atoms with Crippen molar-refractivity contribution in [1.82, 2.24) is 5.43 Å². The van der Waals surface area contributed by atoms with E-state index in [1.165, 1.54) is 17.2 Å². The highest BCUT2D eigenvalue weighted by Crippen LogP contribution is 2.36. The maximum Gasteiger partial charge on any atom is 0.142 e. The Labute approximate surface area is 129 Å². The minimum atomic E-state index is -0.378. The maximum atomic E-state index is 13.6. The molecule has 21 heavy (non-hydrogen) atoms. The van der Waals surface area contributed by atoms with Gasteiger partial charge in [0.25, 0.3) is 0 Å². The molecule has 3 N–H and O–H groups in total. The third-order valence-electron chi connectivity index (χ3n) is 4.35. The van der Waals surface area contributed by atoms with Crippen LogP contribution in [0.15, 0.2) is 42.5 Å². The van der Waals surface area contributed by atoms with Crippen LogP contribution in [0.4, 0.5) is 4.39 Å². The van der Waals surface area contributed by atoms with Crippen LogP contribution >= 0.6 is 11.6 Å². The summed E-state index contributed by atoms with van der Waals surface area (Å²) >= 11 is 6.06. The zero-order valence-corrected chi connectivity index (χ0v) is 12.4. The van der Waals surface area contributed by atoms with Crippen LogP contribution in [0.3, 0.4) is 0 Å². The molecule has 110 valence electrons. The quantitative estimate of drug-likeness (QED) is 0.669. The lowest BCUT2D eigenvalue weighted by Gasteiger charge is -2.24. The van der Waals surface area contributed by atoms with Gasteiger partial charge in [0.05, 0.1) is 5.02 Å². The Hall–Kier alpha value is -1.42. The molecule has 2 unspecified atom stereocenters. The first-order chi connectivity index (χ1) is 10.2. The van der Waals surface area contributed by atoms with Gasteiger partial charge in [0.15, 0.2) is 0 Å². The summed E-state index contributed by atoms with van der Waals surface area (Å²) < 4.78 is 13.6. The minimum absolute atomic E-state index is 0.0490. The van der Waals surface area contributed by atoms with Gasteiger partial charge in [-0.2, -0.15) is 0 Å². The van der Waals surface area contributed by atoms with E-state index in [1.807, 2.05) is 6.07 Å². The molecular formula is C17H18ClFN2. The van der Waals surface area contributed by atoms with Crippen molar-refractivity contribution in [3.8, 4) is 0 Å². The van der Waals surface area contributed by atoms with E-state index in [2.05, 4.69) is 29.7 Å². The molecule has 1 aliphatic carbocycles. The summed E-state index contributed by atoms with van der Waals surface area (Å²) in [6.45, 7) is 0. The first-order valence-corrected chi connectivity index (χ1v) is 7.55. The molecule has 1 aliphatic rings. The monoisotopic (exact) mass is 304 g/mol. The van der Waals surface area contributed by atoms with E-state index < -0.39 is 0 Å². The van der Waals surface area contributed by atoms with E-state index in [-0.39, 0.29) is 16.9 Å². The molecule has 0 aliphatic heterocycles. The summed E-state index contributed by atoms with van der Waals surface area (Å²) in [4.78, 5) is 0. The Kier molecular flexibility index (Phi) is 4.24. The van der Waals surface area contributed by atoms with Gasteiger partial charge in [0, 0.05) is 12.0 Å². The number of nitrogens with two attached hydrogens (primary N) is 1. The molecule has 2 aromatic rings. The van der Waals surface area contributed by atoms with Gasteiger partial charge in [-0.15, -0.1) is 0 Å². The molecule has 0 saturated heterocycles. The van der Waals surface area contributed by atoms with Crippen LogP contribution in [0.25, 0.3) is 0 Å². The highest BCUT2D eigenvalue weighted by atomic mass is 35.5. The number of halogens is 2. The third kappa shape index (κ3) is 2.82. The molecule has 0 amide bonds. The third-order valence-corrected chi connectivity index (χ3v) is 4.77. The lowest BCUT2D eigenvalue weighted by atomic mass is 9.89. The largest absolute Gasteiger partial charge is 0.271 e. The Bertz CT molecular complexity index is 644. The molecule has 0 fully saturated rings. The molecule has 0 bridgehead atoms. The fourth-order valence-electron chi connectivity index (χ4n) is 3.27. The lowest BCUT2D eigenvalue weighted by Crippen LogP contribution is -2.41. The smallest absolute Gasteiger partial charge is 0.142 e. The van der Waals surface area contributed by atoms with Crippen molar-refractivity contribution in [3.05, 3.63) is 70.0 Å². The second-order valence-electron chi connectivity index (χ2n) is 5.53. The molecule has 0 heterocycles. The van der Waals surface area contributed by atoms with Gasteiger partial charge in [0.2, 0.25) is 0 Å². The Morgan fingerprint density at radius 3 is 2.86 bits per heavy atom. The molecule has 0 spiro atoms. The average molecular weight is 305 g/mol. The van der Waals surface area contributed by atoms with Gasteiger partial charge in [-0.1, -0.05) is 48.0 Å². The van der Waals surface area contributed by atoms with Crippen LogP contribution in [0, 0.1) is 5.82 Å². The number of hydrazine groups is 1. The van der Waals surface area contributed by atoms with Crippen LogP contribution in [-0.4, -0.2) is 6.04 Å². The highest BCUT2D eigenvalue weighted by Gasteiger charge is 2.29. The van der Waals surface area contributed by atoms with Crippen LogP contribution in [0.2, 0.25) is 5.02 Å². The average Bonchev–Trinajstić information content (AvgIpc) is 2.93. The number of aryl methyl sites for hydroxylation is 1. The van der Waals surface area contributed by atoms with Gasteiger partial charge in [-0.3, -0.25) is 11.3 Å². The van der Waals surface area contributed by atoms with Crippen LogP contribution < -0.4 is 11.3 Å².